The molecule has 1 aromatic heterocycles. The molecule has 31 heavy (non-hydrogen) atoms. The van der Waals surface area contributed by atoms with Crippen LogP contribution in [0.4, 0.5) is 5.00 Å². The number of esters is 1. The van der Waals surface area contributed by atoms with E-state index in [2.05, 4.69) is 5.32 Å². The van der Waals surface area contributed by atoms with Gasteiger partial charge in [-0.1, -0.05) is 36.4 Å². The van der Waals surface area contributed by atoms with Crippen molar-refractivity contribution in [2.24, 2.45) is 0 Å². The molecule has 0 fully saturated rings. The second kappa shape index (κ2) is 9.49. The molecule has 0 spiro atoms. The summed E-state index contributed by atoms with van der Waals surface area (Å²) in [5.41, 5.74) is 1.47. The molecule has 1 aliphatic rings. The minimum absolute atomic E-state index is 0.00846. The smallest absolute Gasteiger partial charge is 0.341 e. The largest absolute Gasteiger partial charge is 0.462 e. The second-order valence-electron chi connectivity index (χ2n) is 6.98. The minimum Gasteiger partial charge on any atom is -0.462 e. The van der Waals surface area contributed by atoms with Gasteiger partial charge in [-0.2, -0.15) is 0 Å². The lowest BCUT2D eigenvalue weighted by Gasteiger charge is -2.20. The molecule has 3 aromatic rings. The van der Waals surface area contributed by atoms with Crippen molar-refractivity contribution in [3.63, 3.8) is 0 Å². The first-order chi connectivity index (χ1) is 15.1. The van der Waals surface area contributed by atoms with Crippen molar-refractivity contribution < 1.29 is 19.1 Å². The van der Waals surface area contributed by atoms with Crippen LogP contribution in [0.5, 0.6) is 0 Å². The maximum atomic E-state index is 13.2. The SMILES string of the molecule is CCOC(=O)c1c(NC(=O)c2ccccc2)sc2c1CCC(Sc1ccccc1)C2=O. The number of carbonyl (C=O) groups excluding carboxylic acids is 3. The molecule has 1 N–H and O–H groups in total. The number of nitrogens with one attached hydrogen (secondary N) is 1. The van der Waals surface area contributed by atoms with Crippen LogP contribution in [0, 0.1) is 0 Å². The second-order valence-corrected chi connectivity index (χ2v) is 9.27. The number of benzene rings is 2. The highest BCUT2D eigenvalue weighted by Crippen LogP contribution is 2.42. The van der Waals surface area contributed by atoms with E-state index in [1.54, 1.807) is 31.2 Å². The van der Waals surface area contributed by atoms with Crippen molar-refractivity contribution in [1.29, 1.82) is 0 Å². The standard InChI is InChI=1S/C24H21NO4S2/c1-2-29-24(28)19-17-13-14-18(30-16-11-7-4-8-12-16)20(26)21(17)31-23(19)25-22(27)15-9-5-3-6-10-15/h3-12,18H,2,13-14H2,1H3,(H,25,27). The van der Waals surface area contributed by atoms with Crippen LogP contribution >= 0.6 is 23.1 Å². The zero-order valence-corrected chi connectivity index (χ0v) is 18.6. The summed E-state index contributed by atoms with van der Waals surface area (Å²) in [4.78, 5) is 40.2. The van der Waals surface area contributed by atoms with Gasteiger partial charge in [-0.15, -0.1) is 23.1 Å². The van der Waals surface area contributed by atoms with Crippen LogP contribution in [-0.2, 0) is 11.2 Å². The molecule has 2 aromatic carbocycles. The van der Waals surface area contributed by atoms with Crippen LogP contribution in [0.25, 0.3) is 0 Å². The fraction of sp³-hybridized carbons (Fsp3) is 0.208. The molecule has 0 saturated carbocycles. The van der Waals surface area contributed by atoms with Gasteiger partial charge in [0.25, 0.3) is 5.91 Å². The lowest BCUT2D eigenvalue weighted by atomic mass is 9.94. The summed E-state index contributed by atoms with van der Waals surface area (Å²) in [6.07, 6.45) is 1.21. The van der Waals surface area contributed by atoms with E-state index in [-0.39, 0.29) is 23.5 Å². The molecule has 1 unspecified atom stereocenters. The summed E-state index contributed by atoms with van der Waals surface area (Å²) < 4.78 is 5.24. The first kappa shape index (κ1) is 21.3. The normalized spacial score (nSPS) is 15.3. The van der Waals surface area contributed by atoms with Gasteiger partial charge in [-0.3, -0.25) is 9.59 Å². The number of anilines is 1. The molecule has 5 nitrogen and oxygen atoms in total. The monoisotopic (exact) mass is 451 g/mol. The van der Waals surface area contributed by atoms with E-state index in [0.717, 1.165) is 4.90 Å². The first-order valence-corrected chi connectivity index (χ1v) is 11.7. The van der Waals surface area contributed by atoms with Gasteiger partial charge in [0.15, 0.2) is 5.78 Å². The molecule has 4 rings (SSSR count). The van der Waals surface area contributed by atoms with Crippen molar-refractivity contribution in [3.8, 4) is 0 Å². The summed E-state index contributed by atoms with van der Waals surface area (Å²) >= 11 is 2.70. The Morgan fingerprint density at radius 3 is 2.45 bits per heavy atom. The summed E-state index contributed by atoms with van der Waals surface area (Å²) in [5.74, 6) is -0.844. The number of carbonyl (C=O) groups is 3. The van der Waals surface area contributed by atoms with Crippen molar-refractivity contribution >= 4 is 45.8 Å². The number of thiophene rings is 1. The molecule has 0 aliphatic heterocycles. The molecule has 0 saturated heterocycles. The summed E-state index contributed by atoms with van der Waals surface area (Å²) in [6, 6.07) is 18.6. The van der Waals surface area contributed by atoms with Gasteiger partial charge >= 0.3 is 5.97 Å². The number of fused-ring (bicyclic) bond motifs is 1. The molecule has 1 atom stereocenters. The van der Waals surface area contributed by atoms with E-state index in [0.29, 0.717) is 39.4 Å². The third-order valence-electron chi connectivity index (χ3n) is 4.94. The predicted molar refractivity (Wildman–Crippen MR) is 123 cm³/mol. The Kier molecular flexibility index (Phi) is 6.53. The van der Waals surface area contributed by atoms with E-state index < -0.39 is 5.97 Å². The summed E-state index contributed by atoms with van der Waals surface area (Å²) in [7, 11) is 0. The highest BCUT2D eigenvalue weighted by atomic mass is 32.2. The van der Waals surface area contributed by atoms with E-state index in [4.69, 9.17) is 4.74 Å². The molecule has 1 amide bonds. The van der Waals surface area contributed by atoms with Gasteiger partial charge < -0.3 is 10.1 Å². The van der Waals surface area contributed by atoms with E-state index in [1.165, 1.54) is 23.1 Å². The topological polar surface area (TPSA) is 72.5 Å². The van der Waals surface area contributed by atoms with Crippen LogP contribution in [0.3, 0.4) is 0 Å². The third kappa shape index (κ3) is 4.57. The average molecular weight is 452 g/mol. The van der Waals surface area contributed by atoms with Crippen LogP contribution in [0.2, 0.25) is 0 Å². The molecular weight excluding hydrogens is 430 g/mol. The quantitative estimate of drug-likeness (QED) is 0.504. The molecule has 7 heteroatoms. The Morgan fingerprint density at radius 2 is 1.77 bits per heavy atom. The molecule has 158 valence electrons. The van der Waals surface area contributed by atoms with E-state index >= 15 is 0 Å². The van der Waals surface area contributed by atoms with Crippen LogP contribution in [0.1, 0.15) is 49.3 Å². The van der Waals surface area contributed by atoms with E-state index in [1.807, 2.05) is 36.4 Å². The van der Waals surface area contributed by atoms with Crippen LogP contribution in [-0.4, -0.2) is 29.5 Å². The Morgan fingerprint density at radius 1 is 1.10 bits per heavy atom. The average Bonchev–Trinajstić information content (AvgIpc) is 3.16. The molecule has 0 bridgehead atoms. The molecular formula is C24H21NO4S2. The molecule has 1 heterocycles. The summed E-state index contributed by atoms with van der Waals surface area (Å²) in [6.45, 7) is 1.95. The number of ether oxygens (including phenoxy) is 1. The minimum atomic E-state index is -0.509. The van der Waals surface area contributed by atoms with Gasteiger partial charge in [0, 0.05) is 10.5 Å². The Hall–Kier alpha value is -2.90. The number of hydrogen-bond donors (Lipinski definition) is 1. The fourth-order valence-electron chi connectivity index (χ4n) is 3.50. The number of Topliss-reactive ketones (excluding diaryl/α,β-unsaturated/α-hetero) is 1. The molecule has 1 aliphatic carbocycles. The lowest BCUT2D eigenvalue weighted by Crippen LogP contribution is -2.24. The maximum absolute atomic E-state index is 13.2. The highest BCUT2D eigenvalue weighted by molar-refractivity contribution is 8.00. The fourth-order valence-corrected chi connectivity index (χ4v) is 5.91. The Bertz CT molecular complexity index is 1110. The van der Waals surface area contributed by atoms with Crippen molar-refractivity contribution in [2.45, 2.75) is 29.9 Å². The van der Waals surface area contributed by atoms with Crippen molar-refractivity contribution in [2.75, 3.05) is 11.9 Å². The van der Waals surface area contributed by atoms with Crippen molar-refractivity contribution in [1.82, 2.24) is 0 Å². The lowest BCUT2D eigenvalue weighted by molar-refractivity contribution is 0.0527. The number of ketones is 1. The van der Waals surface area contributed by atoms with Gasteiger partial charge in [0.1, 0.15) is 5.00 Å². The van der Waals surface area contributed by atoms with Crippen molar-refractivity contribution in [3.05, 3.63) is 82.2 Å². The summed E-state index contributed by atoms with van der Waals surface area (Å²) in [5, 5.41) is 2.98. The number of thioether (sulfide) groups is 1. The first-order valence-electron chi connectivity index (χ1n) is 10.0. The van der Waals surface area contributed by atoms with Crippen LogP contribution in [0.15, 0.2) is 65.6 Å². The van der Waals surface area contributed by atoms with Gasteiger partial charge in [-0.05, 0) is 49.6 Å². The number of rotatable bonds is 6. The van der Waals surface area contributed by atoms with Gasteiger partial charge in [0.2, 0.25) is 0 Å². The molecule has 0 radical (unpaired) electrons. The number of amides is 1. The van der Waals surface area contributed by atoms with Gasteiger partial charge in [-0.25, -0.2) is 4.79 Å². The van der Waals surface area contributed by atoms with E-state index in [9.17, 15) is 14.4 Å². The zero-order valence-electron chi connectivity index (χ0n) is 16.9. The van der Waals surface area contributed by atoms with Crippen LogP contribution < -0.4 is 5.32 Å². The Labute approximate surface area is 188 Å². The van der Waals surface area contributed by atoms with Gasteiger partial charge in [0.05, 0.1) is 22.3 Å². The highest BCUT2D eigenvalue weighted by Gasteiger charge is 2.36. The Balaban J connectivity index is 1.65. The third-order valence-corrected chi connectivity index (χ3v) is 7.38. The zero-order chi connectivity index (χ0) is 21.8. The maximum Gasteiger partial charge on any atom is 0.341 e. The predicted octanol–water partition coefficient (Wildman–Crippen LogP) is 5.47. The number of hydrogen-bond acceptors (Lipinski definition) is 6.